The number of rotatable bonds is 27. The van der Waals surface area contributed by atoms with Gasteiger partial charge in [-0.25, -0.2) is 16.8 Å². The van der Waals surface area contributed by atoms with Crippen LogP contribution in [0.15, 0.2) is 12.7 Å². The second-order valence-corrected chi connectivity index (χ2v) is 17.9. The Kier molecular flexibility index (Phi) is 23.9. The van der Waals surface area contributed by atoms with Crippen LogP contribution in [-0.2, 0) is 113 Å². The maximum absolute atomic E-state index is 12.9. The van der Waals surface area contributed by atoms with Crippen LogP contribution in [0.2, 0.25) is 0 Å². The van der Waals surface area contributed by atoms with Crippen molar-refractivity contribution in [3.05, 3.63) is 12.7 Å². The third kappa shape index (κ3) is 17.1. The van der Waals surface area contributed by atoms with Crippen molar-refractivity contribution in [1.29, 1.82) is 0 Å². The van der Waals surface area contributed by atoms with Gasteiger partial charge in [-0.3, -0.25) is 36.4 Å². The van der Waals surface area contributed by atoms with E-state index in [1.165, 1.54) is 0 Å². The van der Waals surface area contributed by atoms with Gasteiger partial charge in [0.15, 0.2) is 49.8 Å². The first-order valence-electron chi connectivity index (χ1n) is 19.7. The Labute approximate surface area is 412 Å². The first-order chi connectivity index (χ1) is 33.7. The molecule has 2 amide bonds. The molecule has 7 N–H and O–H groups in total. The van der Waals surface area contributed by atoms with E-state index in [1.54, 1.807) is 0 Å². The van der Waals surface area contributed by atoms with Crippen molar-refractivity contribution in [3.63, 3.8) is 0 Å². The molecule has 4 rings (SSSR count). The van der Waals surface area contributed by atoms with Crippen molar-refractivity contribution >= 4 is 69.2 Å². The number of aliphatic hydroxyl groups is 5. The Balaban J connectivity index is 1.80. The van der Waals surface area contributed by atoms with Crippen LogP contribution in [0.25, 0.3) is 0 Å². The monoisotopic (exact) mass is 1130 g/mol. The highest BCUT2D eigenvalue weighted by atomic mass is 32.3. The van der Waals surface area contributed by atoms with Crippen molar-refractivity contribution in [1.82, 2.24) is 10.6 Å². The summed E-state index contributed by atoms with van der Waals surface area (Å²) in [4.78, 5) is 49.9. The average Bonchev–Trinajstić information content (AvgIpc) is 3.28. The molecule has 0 bridgehead atoms. The van der Waals surface area contributed by atoms with E-state index in [4.69, 9.17) is 46.3 Å². The van der Waals surface area contributed by atoms with E-state index in [1.807, 2.05) is 0 Å². The van der Waals surface area contributed by atoms with Crippen molar-refractivity contribution in [2.75, 3.05) is 19.8 Å². The second kappa shape index (κ2) is 27.8. The largest absolute Gasteiger partial charge is 0.726 e. The average molecular weight is 1130 g/mol. The van der Waals surface area contributed by atoms with Crippen LogP contribution in [-0.4, -0.2) is 218 Å². The van der Waals surface area contributed by atoms with E-state index in [9.17, 15) is 91.4 Å². The van der Waals surface area contributed by atoms with Gasteiger partial charge in [-0.05, 0) is 0 Å². The summed E-state index contributed by atoms with van der Waals surface area (Å²) in [6.07, 6.45) is -40.9. The fourth-order valence-electron chi connectivity index (χ4n) is 7.19. The summed E-state index contributed by atoms with van der Waals surface area (Å²) in [5.41, 5.74) is 0. The number of ether oxygens (including phenoxy) is 8. The zero-order chi connectivity index (χ0) is 53.8. The quantitative estimate of drug-likeness (QED) is 0.00764. The van der Waals surface area contributed by atoms with Crippen LogP contribution >= 0.6 is 24.6 Å². The van der Waals surface area contributed by atoms with Crippen LogP contribution < -0.4 is 31.4 Å². The number of hydrogen-bond acceptors (Lipinski definition) is 37. The van der Waals surface area contributed by atoms with Gasteiger partial charge in [-0.1, -0.05) is 6.08 Å². The molecular weight excluding hydrogens is 1090 g/mol. The van der Waals surface area contributed by atoms with Gasteiger partial charge in [-0.15, -0.1) is 15.2 Å². The molecule has 41 heteroatoms. The predicted octanol–water partition coefficient (Wildman–Crippen LogP) is -12.1. The molecule has 4 heterocycles. The predicted molar refractivity (Wildman–Crippen MR) is 201 cm³/mol. The van der Waals surface area contributed by atoms with Crippen LogP contribution in [0.3, 0.4) is 0 Å². The molecule has 37 nitrogen and oxygen atoms in total. The molecule has 0 aromatic heterocycles. The van der Waals surface area contributed by atoms with E-state index in [0.717, 1.165) is 19.9 Å². The van der Waals surface area contributed by atoms with Gasteiger partial charge in [-0.2, -0.15) is 0 Å². The highest BCUT2D eigenvalue weighted by Crippen LogP contribution is 2.38. The first kappa shape index (κ1) is 61.8. The normalized spacial score (nSPS) is 37.6. The molecule has 20 unspecified atom stereocenters. The summed E-state index contributed by atoms with van der Waals surface area (Å²) < 4.78 is 141. The molecule has 72 heavy (non-hydrogen) atoms. The Morgan fingerprint density at radius 3 is 1.43 bits per heavy atom. The summed E-state index contributed by atoms with van der Waals surface area (Å²) in [6.45, 7) is 2.06. The first-order valence-corrected chi connectivity index (χ1v) is 23.7. The lowest BCUT2D eigenvalue weighted by Crippen LogP contribution is -2.71. The minimum Gasteiger partial charge on any atom is -0.726 e. The smallest absolute Gasteiger partial charge is 0.217 e. The van der Waals surface area contributed by atoms with Crippen molar-refractivity contribution in [2.24, 2.45) is 0 Å². The Morgan fingerprint density at radius 1 is 0.597 bits per heavy atom. The van der Waals surface area contributed by atoms with Gasteiger partial charge < -0.3 is 113 Å². The van der Waals surface area contributed by atoms with Gasteiger partial charge in [0, 0.05) is 13.8 Å². The number of carbonyl (C=O) groups is 4. The van der Waals surface area contributed by atoms with E-state index in [-0.39, 0.29) is 24.6 Å². The fraction of sp³-hybridized carbons (Fsp3) is 0.806. The van der Waals surface area contributed by atoms with E-state index < -0.39 is 187 Å². The van der Waals surface area contributed by atoms with Gasteiger partial charge in [0.1, 0.15) is 97.5 Å². The van der Waals surface area contributed by atoms with Crippen LogP contribution in [0, 0.1) is 0 Å². The molecule has 0 aliphatic carbocycles. The number of carbonyl (C=O) groups excluding carboxylic acids is 4. The molecule has 20 atom stereocenters. The van der Waals surface area contributed by atoms with Crippen molar-refractivity contribution in [2.45, 2.75) is 137 Å². The number of aliphatic carboxylic acids is 2. The minimum absolute atomic E-state index is 0.293. The maximum Gasteiger partial charge on any atom is 0.217 e. The zero-order valence-electron chi connectivity index (χ0n) is 36.1. The maximum atomic E-state index is 12.9. The molecule has 0 radical (unpaired) electrons. The number of carboxylic acids is 2. The third-order valence-corrected chi connectivity index (χ3v) is 11.7. The van der Waals surface area contributed by atoms with Crippen LogP contribution in [0.1, 0.15) is 13.8 Å². The molecule has 4 aliphatic rings. The van der Waals surface area contributed by atoms with Crippen LogP contribution in [0.5, 0.6) is 0 Å². The molecule has 4 fully saturated rings. The molecule has 0 aromatic rings. The lowest BCUT2D eigenvalue weighted by molar-refractivity contribution is -0.778. The summed E-state index contributed by atoms with van der Waals surface area (Å²) >= 11 is -0.679. The molecule has 0 spiro atoms. The number of carboxylic acid groups (broad SMARTS) is 2. The summed E-state index contributed by atoms with van der Waals surface area (Å²) in [6, 6.07) is -3.89. The molecule has 4 saturated heterocycles. The Bertz CT molecular complexity index is 2030. The summed E-state index contributed by atoms with van der Waals surface area (Å²) in [7, 11) is -11.2. The summed E-state index contributed by atoms with van der Waals surface area (Å²) in [5, 5.41) is 111. The van der Waals surface area contributed by atoms with E-state index >= 15 is 0 Å². The molecule has 0 aromatic carbocycles. The molecule has 0 saturated carbocycles. The van der Waals surface area contributed by atoms with E-state index in [0.29, 0.717) is 0 Å². The zero-order valence-corrected chi connectivity index (χ0v) is 39.3. The minimum atomic E-state index is -5.70. The molecule has 4 aliphatic heterocycles. The van der Waals surface area contributed by atoms with E-state index in [2.05, 4.69) is 44.3 Å². The lowest BCUT2D eigenvalue weighted by Gasteiger charge is -2.51. The second-order valence-electron chi connectivity index (χ2n) is 14.8. The van der Waals surface area contributed by atoms with Crippen molar-refractivity contribution < 1.29 is 165 Å². The topological polar surface area (TPSA) is 548 Å². The number of amides is 2. The fourth-order valence-corrected chi connectivity index (χ4v) is 8.54. The summed E-state index contributed by atoms with van der Waals surface area (Å²) in [5.74, 6) is -6.53. The van der Waals surface area contributed by atoms with Gasteiger partial charge >= 0.3 is 0 Å². The van der Waals surface area contributed by atoms with Crippen molar-refractivity contribution in [3.8, 4) is 0 Å². The Hall–Kier alpha value is -2.78. The number of hydrogen-bond donors (Lipinski definition) is 7. The van der Waals surface area contributed by atoms with Crippen LogP contribution in [0.4, 0.5) is 0 Å². The Morgan fingerprint density at radius 2 is 1.01 bits per heavy atom. The molecular formula is C31H42N2O35S4-6. The third-order valence-electron chi connectivity index (χ3n) is 10.0. The standard InChI is InChI=1S/C31H48N2O35S4/c1-4-5-53-28-12(32-8(2)34)21(19(63-69-67-65-45)10(56-28)6-54-71(47,48)49)58-31-18(40)16(38)23(25(62-31)27(43)44)60-29-13(33-9(3)35)22(59-30-17(39)14(36)15(37)24(61-30)26(41)42)20(64-70-68-66-46)11(57-29)7-55-72(50,51)52/h4,10-25,28-31,36-40,45-46H,1,5-7H2,2-3H3,(H,32,34)(H,33,35)(H,41,42)(H,43,44)(H,47,48,49)(H,50,51,52)/p-6. The number of aliphatic hydroxyl groups excluding tert-OH is 5. The van der Waals surface area contributed by atoms with Gasteiger partial charge in [0.25, 0.3) is 0 Å². The number of nitrogens with one attached hydrogen (secondary N) is 2. The molecule has 416 valence electrons. The SMILES string of the molecule is C=CCOC1OC(COS(=O)(=O)[O-])C(OSOO[O-])C(OC2OC(C(=O)[O-])C(OC3OC(COS(=O)(=O)[O-])C(OSOO[O-])C(OC4OC(C(=O)[O-])C(O)C(O)C4O)C3NC(C)=O)C(O)C2O)C1NC(C)=O. The highest BCUT2D eigenvalue weighted by molar-refractivity contribution is 7.90. The van der Waals surface area contributed by atoms with Gasteiger partial charge in [0.2, 0.25) is 32.6 Å². The lowest BCUT2D eigenvalue weighted by atomic mass is 9.94. The van der Waals surface area contributed by atoms with Gasteiger partial charge in [0.05, 0.1) is 31.8 Å². The highest BCUT2D eigenvalue weighted by Gasteiger charge is 2.58.